The predicted molar refractivity (Wildman–Crippen MR) is 61.1 cm³/mol. The molecule has 1 fully saturated rings. The van der Waals surface area contributed by atoms with Gasteiger partial charge in [0.25, 0.3) is 0 Å². The van der Waals surface area contributed by atoms with Crippen molar-refractivity contribution in [1.82, 2.24) is 9.80 Å². The summed E-state index contributed by atoms with van der Waals surface area (Å²) in [4.78, 5) is 25.5. The second-order valence-electron chi connectivity index (χ2n) is 4.07. The van der Waals surface area contributed by atoms with Gasteiger partial charge in [-0.05, 0) is 5.56 Å². The van der Waals surface area contributed by atoms with E-state index in [-0.39, 0.29) is 25.0 Å². The zero-order chi connectivity index (χ0) is 12.4. The molecule has 90 valence electrons. The Morgan fingerprint density at radius 2 is 1.94 bits per heavy atom. The molecule has 2 rings (SSSR count). The Labute approximate surface area is 99.3 Å². The first kappa shape index (κ1) is 11.6. The van der Waals surface area contributed by atoms with Gasteiger partial charge in [-0.15, -0.1) is 0 Å². The number of likely N-dealkylation sites (N-methyl/N-ethyl adjacent to an activating group) is 1. The number of imide groups is 1. The average molecular weight is 234 g/mol. The third-order valence-corrected chi connectivity index (χ3v) is 2.77. The van der Waals surface area contributed by atoms with Crippen LogP contribution in [0.3, 0.4) is 0 Å². The third kappa shape index (κ3) is 2.29. The van der Waals surface area contributed by atoms with Gasteiger partial charge in [0.15, 0.2) is 0 Å². The van der Waals surface area contributed by atoms with Crippen LogP contribution in [0.1, 0.15) is 11.7 Å². The van der Waals surface area contributed by atoms with Crippen molar-refractivity contribution in [3.05, 3.63) is 35.9 Å². The average Bonchev–Trinajstić information content (AvgIpc) is 2.57. The largest absolute Gasteiger partial charge is 0.387 e. The number of amides is 3. The highest BCUT2D eigenvalue weighted by Crippen LogP contribution is 2.17. The second-order valence-corrected chi connectivity index (χ2v) is 4.07. The molecule has 3 amide bonds. The third-order valence-electron chi connectivity index (χ3n) is 2.77. The van der Waals surface area contributed by atoms with E-state index in [9.17, 15) is 14.7 Å². The molecule has 1 N–H and O–H groups in total. The van der Waals surface area contributed by atoms with Gasteiger partial charge in [-0.25, -0.2) is 4.79 Å². The first-order valence-electron chi connectivity index (χ1n) is 5.38. The standard InChI is InChI=1S/C12H14N2O3/c1-13-8-11(16)14(12(13)17)7-10(15)9-5-3-2-4-6-9/h2-6,10,15H,7-8H2,1H3/t10-/m1/s1. The number of aliphatic hydroxyl groups is 1. The number of aliphatic hydroxyl groups excluding tert-OH is 1. The molecule has 0 aliphatic carbocycles. The van der Waals surface area contributed by atoms with Gasteiger partial charge in [0.1, 0.15) is 6.54 Å². The number of rotatable bonds is 3. The summed E-state index contributed by atoms with van der Waals surface area (Å²) in [7, 11) is 1.56. The molecule has 1 atom stereocenters. The van der Waals surface area contributed by atoms with E-state index in [0.717, 1.165) is 4.90 Å². The predicted octanol–water partition coefficient (Wildman–Crippen LogP) is 0.614. The van der Waals surface area contributed by atoms with E-state index >= 15 is 0 Å². The molecule has 5 heteroatoms. The lowest BCUT2D eigenvalue weighted by Crippen LogP contribution is -2.35. The summed E-state index contributed by atoms with van der Waals surface area (Å²) >= 11 is 0. The lowest BCUT2D eigenvalue weighted by molar-refractivity contribution is -0.126. The molecule has 0 aromatic heterocycles. The molecular weight excluding hydrogens is 220 g/mol. The van der Waals surface area contributed by atoms with E-state index < -0.39 is 6.10 Å². The normalized spacial score (nSPS) is 17.8. The first-order chi connectivity index (χ1) is 8.09. The highest BCUT2D eigenvalue weighted by Gasteiger charge is 2.34. The SMILES string of the molecule is CN1CC(=O)N(C[C@@H](O)c2ccccc2)C1=O. The molecule has 0 saturated carbocycles. The first-order valence-corrected chi connectivity index (χ1v) is 5.38. The number of benzene rings is 1. The van der Waals surface area contributed by atoms with Crippen LogP contribution in [0, 0.1) is 0 Å². The molecule has 0 bridgehead atoms. The number of urea groups is 1. The van der Waals surface area contributed by atoms with Crippen molar-refractivity contribution in [2.75, 3.05) is 20.1 Å². The van der Waals surface area contributed by atoms with E-state index in [1.165, 1.54) is 4.90 Å². The van der Waals surface area contributed by atoms with E-state index in [2.05, 4.69) is 0 Å². The smallest absolute Gasteiger partial charge is 0.327 e. The number of nitrogens with zero attached hydrogens (tertiary/aromatic N) is 2. The highest BCUT2D eigenvalue weighted by atomic mass is 16.3. The topological polar surface area (TPSA) is 60.9 Å². The minimum absolute atomic E-state index is 0.00597. The van der Waals surface area contributed by atoms with Gasteiger partial charge in [-0.2, -0.15) is 0 Å². The highest BCUT2D eigenvalue weighted by molar-refractivity contribution is 6.01. The van der Waals surface area contributed by atoms with Gasteiger partial charge in [0.05, 0.1) is 12.6 Å². The Hall–Kier alpha value is -1.88. The zero-order valence-electron chi connectivity index (χ0n) is 9.54. The van der Waals surface area contributed by atoms with Gasteiger partial charge in [0, 0.05) is 7.05 Å². The van der Waals surface area contributed by atoms with Gasteiger partial charge < -0.3 is 10.0 Å². The Morgan fingerprint density at radius 1 is 1.29 bits per heavy atom. The van der Waals surface area contributed by atoms with Crippen molar-refractivity contribution >= 4 is 11.9 Å². The maximum absolute atomic E-state index is 11.6. The van der Waals surface area contributed by atoms with Crippen molar-refractivity contribution in [3.63, 3.8) is 0 Å². The monoisotopic (exact) mass is 234 g/mol. The summed E-state index contributed by atoms with van der Waals surface area (Å²) in [6.07, 6.45) is -0.837. The van der Waals surface area contributed by atoms with Crippen LogP contribution in [0.2, 0.25) is 0 Å². The molecular formula is C12H14N2O3. The maximum atomic E-state index is 11.6. The number of carbonyl (C=O) groups is 2. The van der Waals surface area contributed by atoms with Gasteiger partial charge in [-0.3, -0.25) is 9.69 Å². The number of carbonyl (C=O) groups excluding carboxylic acids is 2. The van der Waals surface area contributed by atoms with Crippen LogP contribution in [-0.4, -0.2) is 47.0 Å². The van der Waals surface area contributed by atoms with Crippen LogP contribution in [0.15, 0.2) is 30.3 Å². The Kier molecular flexibility index (Phi) is 3.10. The summed E-state index contributed by atoms with van der Waals surface area (Å²) in [5.74, 6) is -0.271. The summed E-state index contributed by atoms with van der Waals surface area (Å²) < 4.78 is 0. The molecule has 1 saturated heterocycles. The van der Waals surface area contributed by atoms with Crippen molar-refractivity contribution < 1.29 is 14.7 Å². The van der Waals surface area contributed by atoms with E-state index in [1.54, 1.807) is 31.3 Å². The molecule has 5 nitrogen and oxygen atoms in total. The van der Waals surface area contributed by atoms with Crippen molar-refractivity contribution in [2.24, 2.45) is 0 Å². The summed E-state index contributed by atoms with van der Waals surface area (Å²) in [6.45, 7) is 0.0896. The minimum Gasteiger partial charge on any atom is -0.387 e. The summed E-state index contributed by atoms with van der Waals surface area (Å²) in [5.41, 5.74) is 0.697. The molecule has 0 radical (unpaired) electrons. The molecule has 0 unspecified atom stereocenters. The Morgan fingerprint density at radius 3 is 2.47 bits per heavy atom. The van der Waals surface area contributed by atoms with Crippen molar-refractivity contribution in [1.29, 1.82) is 0 Å². The van der Waals surface area contributed by atoms with Crippen LogP contribution < -0.4 is 0 Å². The number of hydrogen-bond donors (Lipinski definition) is 1. The molecule has 1 aromatic carbocycles. The molecule has 1 aromatic rings. The Balaban J connectivity index is 2.07. The minimum atomic E-state index is -0.837. The summed E-state index contributed by atoms with van der Waals surface area (Å²) in [6, 6.07) is 8.62. The van der Waals surface area contributed by atoms with Gasteiger partial charge in [0.2, 0.25) is 5.91 Å². The van der Waals surface area contributed by atoms with Crippen molar-refractivity contribution in [2.45, 2.75) is 6.10 Å². The summed E-state index contributed by atoms with van der Waals surface area (Å²) in [5, 5.41) is 9.94. The lowest BCUT2D eigenvalue weighted by Gasteiger charge is -2.18. The van der Waals surface area contributed by atoms with Crippen LogP contribution in [0.4, 0.5) is 4.79 Å². The zero-order valence-corrected chi connectivity index (χ0v) is 9.54. The second kappa shape index (κ2) is 4.55. The molecule has 1 aliphatic rings. The van der Waals surface area contributed by atoms with Crippen LogP contribution in [0.5, 0.6) is 0 Å². The van der Waals surface area contributed by atoms with Gasteiger partial charge >= 0.3 is 6.03 Å². The van der Waals surface area contributed by atoms with E-state index in [0.29, 0.717) is 5.56 Å². The lowest BCUT2D eigenvalue weighted by atomic mass is 10.1. The van der Waals surface area contributed by atoms with Crippen molar-refractivity contribution in [3.8, 4) is 0 Å². The molecule has 17 heavy (non-hydrogen) atoms. The Bertz CT molecular complexity index is 433. The quantitative estimate of drug-likeness (QED) is 0.780. The van der Waals surface area contributed by atoms with Crippen LogP contribution in [-0.2, 0) is 4.79 Å². The van der Waals surface area contributed by atoms with Crippen LogP contribution in [0.25, 0.3) is 0 Å². The van der Waals surface area contributed by atoms with E-state index in [1.807, 2.05) is 6.07 Å². The molecule has 1 aliphatic heterocycles. The molecule has 0 spiro atoms. The number of hydrogen-bond acceptors (Lipinski definition) is 3. The fourth-order valence-electron chi connectivity index (χ4n) is 1.80. The fraction of sp³-hybridized carbons (Fsp3) is 0.333. The maximum Gasteiger partial charge on any atom is 0.327 e. The number of β-amino-alcohol motifs (C(OH)–C–C–N with tert-alkyl or cyclic N) is 1. The van der Waals surface area contributed by atoms with Crippen LogP contribution >= 0.6 is 0 Å². The van der Waals surface area contributed by atoms with Gasteiger partial charge in [-0.1, -0.05) is 30.3 Å². The fourth-order valence-corrected chi connectivity index (χ4v) is 1.80. The molecule has 1 heterocycles. The van der Waals surface area contributed by atoms with E-state index in [4.69, 9.17) is 0 Å².